The van der Waals surface area contributed by atoms with Crippen LogP contribution in [0.1, 0.15) is 27.4 Å². The van der Waals surface area contributed by atoms with E-state index in [0.717, 1.165) is 15.6 Å². The maximum Gasteiger partial charge on any atom is 0.266 e. The van der Waals surface area contributed by atoms with E-state index in [1.54, 1.807) is 23.3 Å². The number of carbonyl (C=O) groups excluding carboxylic acids is 1. The summed E-state index contributed by atoms with van der Waals surface area (Å²) in [5, 5.41) is 1.26. The molecule has 0 saturated carbocycles. The lowest BCUT2D eigenvalue weighted by molar-refractivity contribution is 0.0671. The lowest BCUT2D eigenvalue weighted by Crippen LogP contribution is -2.40. The maximum atomic E-state index is 13.4. The zero-order valence-corrected chi connectivity index (χ0v) is 17.0. The van der Waals surface area contributed by atoms with Crippen molar-refractivity contribution >= 4 is 48.8 Å². The smallest absolute Gasteiger partial charge is 0.266 e. The molecular formula is C19H18ClNO4S2. The maximum absolute atomic E-state index is 13.4. The lowest BCUT2D eigenvalue weighted by atomic mass is 10.1. The van der Waals surface area contributed by atoms with Crippen molar-refractivity contribution in [1.82, 2.24) is 4.90 Å². The summed E-state index contributed by atoms with van der Waals surface area (Å²) in [4.78, 5) is 15.4. The zero-order valence-electron chi connectivity index (χ0n) is 14.6. The van der Waals surface area contributed by atoms with Crippen molar-refractivity contribution in [3.8, 4) is 0 Å². The summed E-state index contributed by atoms with van der Waals surface area (Å²) in [5.74, 6) is 0.429. The summed E-state index contributed by atoms with van der Waals surface area (Å²) in [5.41, 5.74) is 1.09. The molecule has 3 aromatic rings. The quantitative estimate of drug-likeness (QED) is 0.627. The highest BCUT2D eigenvalue weighted by molar-refractivity contribution is 7.91. The largest absolute Gasteiger partial charge is 0.467 e. The van der Waals surface area contributed by atoms with Gasteiger partial charge in [0.15, 0.2) is 9.84 Å². The van der Waals surface area contributed by atoms with Gasteiger partial charge in [0.2, 0.25) is 0 Å². The molecule has 1 saturated heterocycles. The minimum Gasteiger partial charge on any atom is -0.467 e. The van der Waals surface area contributed by atoms with Crippen LogP contribution < -0.4 is 0 Å². The molecule has 0 unspecified atom stereocenters. The Morgan fingerprint density at radius 1 is 1.37 bits per heavy atom. The van der Waals surface area contributed by atoms with Crippen LogP contribution >= 0.6 is 22.9 Å². The van der Waals surface area contributed by atoms with Crippen molar-refractivity contribution < 1.29 is 17.6 Å². The van der Waals surface area contributed by atoms with Crippen LogP contribution in [0.5, 0.6) is 0 Å². The lowest BCUT2D eigenvalue weighted by Gasteiger charge is -2.27. The van der Waals surface area contributed by atoms with E-state index < -0.39 is 9.84 Å². The van der Waals surface area contributed by atoms with Crippen molar-refractivity contribution in [1.29, 1.82) is 0 Å². The van der Waals surface area contributed by atoms with E-state index in [9.17, 15) is 13.2 Å². The molecule has 3 heterocycles. The number of fused-ring (bicyclic) bond motifs is 1. The third-order valence-corrected chi connectivity index (χ3v) is 8.19. The third kappa shape index (κ3) is 3.63. The van der Waals surface area contributed by atoms with Gasteiger partial charge in [0.05, 0.1) is 29.3 Å². The number of sulfone groups is 1. The monoisotopic (exact) mass is 423 g/mol. The van der Waals surface area contributed by atoms with E-state index in [2.05, 4.69) is 0 Å². The number of rotatable bonds is 4. The molecule has 1 atom stereocenters. The molecule has 1 aromatic carbocycles. The van der Waals surface area contributed by atoms with Crippen LogP contribution in [0, 0.1) is 6.92 Å². The molecule has 0 bridgehead atoms. The van der Waals surface area contributed by atoms with E-state index >= 15 is 0 Å². The van der Waals surface area contributed by atoms with E-state index in [4.69, 9.17) is 16.0 Å². The molecule has 5 nitrogen and oxygen atoms in total. The first-order valence-corrected chi connectivity index (χ1v) is 11.6. The number of furan rings is 1. The van der Waals surface area contributed by atoms with Gasteiger partial charge in [-0.3, -0.25) is 4.79 Å². The Hall–Kier alpha value is -1.83. The predicted molar refractivity (Wildman–Crippen MR) is 107 cm³/mol. The van der Waals surface area contributed by atoms with E-state index in [1.165, 1.54) is 11.3 Å². The number of aryl methyl sites for hydroxylation is 1. The normalized spacial score (nSPS) is 18.8. The van der Waals surface area contributed by atoms with Crippen molar-refractivity contribution in [2.45, 2.75) is 25.9 Å². The standard InChI is InChI=1S/C19H18ClNO4S2/c1-12-4-5-15-16(9-12)26-18(17(15)20)19(22)21(10-14-3-2-7-25-14)13-6-8-27(23,24)11-13/h2-5,7,9,13H,6,8,10-11H2,1H3/t13-/m1/s1. The van der Waals surface area contributed by atoms with Crippen LogP contribution in [-0.2, 0) is 16.4 Å². The summed E-state index contributed by atoms with van der Waals surface area (Å²) >= 11 is 7.86. The van der Waals surface area contributed by atoms with Gasteiger partial charge in [0, 0.05) is 16.1 Å². The summed E-state index contributed by atoms with van der Waals surface area (Å²) in [6, 6.07) is 9.02. The van der Waals surface area contributed by atoms with E-state index in [1.807, 2.05) is 25.1 Å². The van der Waals surface area contributed by atoms with Crippen LogP contribution in [-0.4, -0.2) is 36.8 Å². The first-order valence-electron chi connectivity index (χ1n) is 8.56. The number of nitrogens with zero attached hydrogens (tertiary/aromatic N) is 1. The minimum absolute atomic E-state index is 0.0267. The second-order valence-corrected chi connectivity index (χ2v) is 10.5. The molecule has 27 heavy (non-hydrogen) atoms. The summed E-state index contributed by atoms with van der Waals surface area (Å²) < 4.78 is 30.3. The fourth-order valence-corrected chi connectivity index (χ4v) is 6.70. The fourth-order valence-electron chi connectivity index (χ4n) is 3.40. The Balaban J connectivity index is 1.73. The molecule has 0 radical (unpaired) electrons. The van der Waals surface area contributed by atoms with Crippen molar-refractivity contribution in [3.05, 3.63) is 57.8 Å². The van der Waals surface area contributed by atoms with Gasteiger partial charge < -0.3 is 9.32 Å². The zero-order chi connectivity index (χ0) is 19.2. The molecular weight excluding hydrogens is 406 g/mol. The van der Waals surface area contributed by atoms with Crippen LogP contribution in [0.4, 0.5) is 0 Å². The first-order chi connectivity index (χ1) is 12.8. The highest BCUT2D eigenvalue weighted by atomic mass is 35.5. The van der Waals surface area contributed by atoms with Gasteiger partial charge in [-0.15, -0.1) is 11.3 Å². The van der Waals surface area contributed by atoms with Gasteiger partial charge in [-0.05, 0) is 37.1 Å². The summed E-state index contributed by atoms with van der Waals surface area (Å²) in [7, 11) is -3.13. The highest BCUT2D eigenvalue weighted by Crippen LogP contribution is 2.37. The fraction of sp³-hybridized carbons (Fsp3) is 0.316. The van der Waals surface area contributed by atoms with Gasteiger partial charge in [0.25, 0.3) is 5.91 Å². The topological polar surface area (TPSA) is 67.6 Å². The number of thiophene rings is 1. The number of benzene rings is 1. The Morgan fingerprint density at radius 2 is 2.19 bits per heavy atom. The van der Waals surface area contributed by atoms with Crippen LogP contribution in [0.2, 0.25) is 5.02 Å². The molecule has 1 amide bonds. The van der Waals surface area contributed by atoms with Crippen molar-refractivity contribution in [2.24, 2.45) is 0 Å². The molecule has 0 N–H and O–H groups in total. The average molecular weight is 424 g/mol. The van der Waals surface area contributed by atoms with Crippen LogP contribution in [0.25, 0.3) is 10.1 Å². The number of halogens is 1. The number of hydrogen-bond donors (Lipinski definition) is 0. The van der Waals surface area contributed by atoms with Crippen LogP contribution in [0.15, 0.2) is 41.0 Å². The minimum atomic E-state index is -3.13. The SMILES string of the molecule is Cc1ccc2c(Cl)c(C(=O)N(Cc3ccco3)[C@@H]3CCS(=O)(=O)C3)sc2c1. The van der Waals surface area contributed by atoms with E-state index in [-0.39, 0.29) is 30.0 Å². The van der Waals surface area contributed by atoms with Gasteiger partial charge >= 0.3 is 0 Å². The number of amides is 1. The second-order valence-electron chi connectivity index (χ2n) is 6.81. The molecule has 2 aromatic heterocycles. The van der Waals surface area contributed by atoms with Crippen LogP contribution in [0.3, 0.4) is 0 Å². The molecule has 1 aliphatic heterocycles. The molecule has 0 spiro atoms. The summed E-state index contributed by atoms with van der Waals surface area (Å²) in [6.45, 7) is 2.21. The van der Waals surface area contributed by atoms with Crippen molar-refractivity contribution in [3.63, 3.8) is 0 Å². The Morgan fingerprint density at radius 3 is 2.85 bits per heavy atom. The Labute approximate surface area is 166 Å². The third-order valence-electron chi connectivity index (χ3n) is 4.80. The number of hydrogen-bond acceptors (Lipinski definition) is 5. The predicted octanol–water partition coefficient (Wildman–Crippen LogP) is 4.29. The average Bonchev–Trinajstić information content (AvgIpc) is 3.32. The second kappa shape index (κ2) is 6.96. The summed E-state index contributed by atoms with van der Waals surface area (Å²) in [6.07, 6.45) is 1.97. The molecule has 0 aliphatic carbocycles. The molecule has 4 rings (SSSR count). The van der Waals surface area contributed by atoms with Gasteiger partial charge in [-0.2, -0.15) is 0 Å². The van der Waals surface area contributed by atoms with E-state index in [0.29, 0.717) is 22.1 Å². The Bertz CT molecular complexity index is 1100. The van der Waals surface area contributed by atoms with Crippen molar-refractivity contribution in [2.75, 3.05) is 11.5 Å². The number of carbonyl (C=O) groups is 1. The highest BCUT2D eigenvalue weighted by Gasteiger charge is 2.36. The first kappa shape index (κ1) is 18.5. The Kier molecular flexibility index (Phi) is 4.78. The molecule has 1 fully saturated rings. The van der Waals surface area contributed by atoms with Gasteiger partial charge in [0.1, 0.15) is 10.6 Å². The molecule has 8 heteroatoms. The van der Waals surface area contributed by atoms with Gasteiger partial charge in [-0.25, -0.2) is 8.42 Å². The molecule has 142 valence electrons. The van der Waals surface area contributed by atoms with Gasteiger partial charge in [-0.1, -0.05) is 23.7 Å². The molecule has 1 aliphatic rings.